The molecule has 1 unspecified atom stereocenters. The quantitative estimate of drug-likeness (QED) is 0.130. The van der Waals surface area contributed by atoms with Gasteiger partial charge in [0.05, 0.1) is 36.8 Å². The summed E-state index contributed by atoms with van der Waals surface area (Å²) in [6.07, 6.45) is 5.47. The van der Waals surface area contributed by atoms with E-state index in [1.165, 1.54) is 12.4 Å². The Labute approximate surface area is 281 Å². The van der Waals surface area contributed by atoms with E-state index >= 15 is 0 Å². The van der Waals surface area contributed by atoms with Gasteiger partial charge in [-0.2, -0.15) is 0 Å². The lowest BCUT2D eigenvalue weighted by Gasteiger charge is -2.36. The average Bonchev–Trinajstić information content (AvgIpc) is 3.63. The van der Waals surface area contributed by atoms with E-state index in [0.717, 1.165) is 61.7 Å². The number of nitrogens with one attached hydrogen (secondary N) is 2. The van der Waals surface area contributed by atoms with Gasteiger partial charge in [0.25, 0.3) is 0 Å². The van der Waals surface area contributed by atoms with Crippen molar-refractivity contribution in [2.75, 3.05) is 67.0 Å². The molecule has 4 aromatic rings. The number of anilines is 5. The third-order valence-corrected chi connectivity index (χ3v) is 8.40. The van der Waals surface area contributed by atoms with Gasteiger partial charge in [0.15, 0.2) is 5.82 Å². The van der Waals surface area contributed by atoms with E-state index in [1.807, 2.05) is 71.8 Å². The fourth-order valence-electron chi connectivity index (χ4n) is 5.96. The molecule has 2 saturated heterocycles. The van der Waals surface area contributed by atoms with Crippen LogP contribution in [-0.4, -0.2) is 67.2 Å². The number of amides is 1. The van der Waals surface area contributed by atoms with Crippen molar-refractivity contribution in [2.24, 2.45) is 0 Å². The minimum Gasteiger partial charge on any atom is -0.494 e. The molecule has 11 nitrogen and oxygen atoms in total. The summed E-state index contributed by atoms with van der Waals surface area (Å²) in [6.45, 7) is 12.8. The molecule has 0 radical (unpaired) electrons. The van der Waals surface area contributed by atoms with E-state index < -0.39 is 0 Å². The van der Waals surface area contributed by atoms with E-state index in [0.29, 0.717) is 42.0 Å². The second kappa shape index (κ2) is 15.5. The number of rotatable bonds is 13. The molecular formula is C37H41N7O4. The standard InChI is InChI=1S/C37H41N7O4/c1-4-15-42-16-18-43(19-17-42)33-23-34(46-3)31(22-30(33)41-37(45)5-2)40-35-24-36(39-26-38-35)44-32(14-20-48-44)28-12-9-13-29(21-28)47-25-27-10-7-6-8-11-27/h4-13,21-24,26,32H,1-2,14-20,25H2,3H3,(H,41,45)(H,38,39,40). The number of benzene rings is 3. The molecule has 1 amide bonds. The van der Waals surface area contributed by atoms with Gasteiger partial charge in [0, 0.05) is 51.3 Å². The van der Waals surface area contributed by atoms with Crippen LogP contribution in [0.2, 0.25) is 0 Å². The Hall–Kier alpha value is -5.39. The molecule has 11 heteroatoms. The molecule has 3 aromatic carbocycles. The molecule has 2 aliphatic rings. The number of piperazine rings is 1. The van der Waals surface area contributed by atoms with Gasteiger partial charge in [-0.15, -0.1) is 6.58 Å². The maximum Gasteiger partial charge on any atom is 0.247 e. The number of carbonyl (C=O) groups excluding carboxylic acids is 1. The van der Waals surface area contributed by atoms with Crippen LogP contribution in [0.3, 0.4) is 0 Å². The first-order valence-corrected chi connectivity index (χ1v) is 16.1. The number of methoxy groups -OCH3 is 1. The second-order valence-corrected chi connectivity index (χ2v) is 11.5. The lowest BCUT2D eigenvalue weighted by atomic mass is 10.0. The van der Waals surface area contributed by atoms with Crippen LogP contribution in [0.1, 0.15) is 23.6 Å². The summed E-state index contributed by atoms with van der Waals surface area (Å²) < 4.78 is 11.9. The Morgan fingerprint density at radius 2 is 1.83 bits per heavy atom. The van der Waals surface area contributed by atoms with Crippen LogP contribution in [0.15, 0.2) is 104 Å². The van der Waals surface area contributed by atoms with Crippen LogP contribution < -0.4 is 30.1 Å². The first-order chi connectivity index (χ1) is 23.5. The maximum atomic E-state index is 12.5. The van der Waals surface area contributed by atoms with Crippen LogP contribution in [0.25, 0.3) is 0 Å². The molecule has 1 aromatic heterocycles. The smallest absolute Gasteiger partial charge is 0.247 e. The molecule has 0 saturated carbocycles. The summed E-state index contributed by atoms with van der Waals surface area (Å²) in [5.41, 5.74) is 4.33. The Morgan fingerprint density at radius 3 is 2.60 bits per heavy atom. The zero-order valence-electron chi connectivity index (χ0n) is 27.2. The Bertz CT molecular complexity index is 1730. The third kappa shape index (κ3) is 7.76. The SMILES string of the molecule is C=CCN1CCN(c2cc(OC)c(Nc3cc(N4OCCC4c4cccc(OCc5ccccc5)c4)ncn3)cc2NC(=O)C=C)CC1. The van der Waals surface area contributed by atoms with Crippen LogP contribution in [0.4, 0.5) is 28.7 Å². The van der Waals surface area contributed by atoms with E-state index in [9.17, 15) is 4.79 Å². The highest BCUT2D eigenvalue weighted by Gasteiger charge is 2.30. The lowest BCUT2D eigenvalue weighted by molar-refractivity contribution is -0.111. The van der Waals surface area contributed by atoms with E-state index in [-0.39, 0.29) is 11.9 Å². The minimum absolute atomic E-state index is 0.0606. The van der Waals surface area contributed by atoms with E-state index in [1.54, 1.807) is 7.11 Å². The molecule has 2 aliphatic heterocycles. The first kappa shape index (κ1) is 32.5. The highest BCUT2D eigenvalue weighted by molar-refractivity contribution is 6.02. The lowest BCUT2D eigenvalue weighted by Crippen LogP contribution is -2.46. The van der Waals surface area contributed by atoms with Crippen LogP contribution in [0.5, 0.6) is 11.5 Å². The number of hydrogen-bond acceptors (Lipinski definition) is 10. The highest BCUT2D eigenvalue weighted by atomic mass is 16.7. The molecule has 2 N–H and O–H groups in total. The van der Waals surface area contributed by atoms with Crippen molar-refractivity contribution >= 4 is 34.6 Å². The highest BCUT2D eigenvalue weighted by Crippen LogP contribution is 2.40. The monoisotopic (exact) mass is 647 g/mol. The number of hydroxylamine groups is 1. The van der Waals surface area contributed by atoms with Gasteiger partial charge in [-0.1, -0.05) is 55.1 Å². The molecule has 248 valence electrons. The molecule has 48 heavy (non-hydrogen) atoms. The Morgan fingerprint density at radius 1 is 1.00 bits per heavy atom. The van der Waals surface area contributed by atoms with Gasteiger partial charge >= 0.3 is 0 Å². The number of nitrogens with zero attached hydrogens (tertiary/aromatic N) is 5. The Balaban J connectivity index is 1.21. The van der Waals surface area contributed by atoms with Gasteiger partial charge in [-0.25, -0.2) is 15.0 Å². The largest absolute Gasteiger partial charge is 0.494 e. The fraction of sp³-hybridized carbons (Fsp3) is 0.270. The molecule has 0 spiro atoms. The molecule has 0 aliphatic carbocycles. The average molecular weight is 648 g/mol. The fourth-order valence-corrected chi connectivity index (χ4v) is 5.96. The first-order valence-electron chi connectivity index (χ1n) is 16.1. The van der Waals surface area contributed by atoms with Crippen molar-refractivity contribution in [2.45, 2.75) is 19.1 Å². The minimum atomic E-state index is -0.297. The van der Waals surface area contributed by atoms with Crippen molar-refractivity contribution in [3.63, 3.8) is 0 Å². The van der Waals surface area contributed by atoms with E-state index in [4.69, 9.17) is 14.3 Å². The molecule has 1 atom stereocenters. The van der Waals surface area contributed by atoms with Crippen LogP contribution >= 0.6 is 0 Å². The molecule has 0 bridgehead atoms. The molecule has 3 heterocycles. The number of carbonyl (C=O) groups is 1. The number of aromatic nitrogens is 2. The molecule has 2 fully saturated rings. The van der Waals surface area contributed by atoms with Crippen LogP contribution in [0, 0.1) is 0 Å². The maximum absolute atomic E-state index is 12.5. The summed E-state index contributed by atoms with van der Waals surface area (Å²) in [4.78, 5) is 32.2. The number of ether oxygens (including phenoxy) is 2. The van der Waals surface area contributed by atoms with Gasteiger partial charge in [-0.05, 0) is 35.4 Å². The summed E-state index contributed by atoms with van der Waals surface area (Å²) in [5, 5.41) is 8.18. The molecule has 6 rings (SSSR count). The van der Waals surface area contributed by atoms with Gasteiger partial charge in [-0.3, -0.25) is 14.5 Å². The van der Waals surface area contributed by atoms with Gasteiger partial charge in [0.2, 0.25) is 5.91 Å². The van der Waals surface area contributed by atoms with Crippen molar-refractivity contribution in [3.05, 3.63) is 116 Å². The predicted octanol–water partition coefficient (Wildman–Crippen LogP) is 6.12. The third-order valence-electron chi connectivity index (χ3n) is 8.40. The van der Waals surface area contributed by atoms with Crippen molar-refractivity contribution in [3.8, 4) is 11.5 Å². The Kier molecular flexibility index (Phi) is 10.5. The summed E-state index contributed by atoms with van der Waals surface area (Å²) >= 11 is 0. The van der Waals surface area contributed by atoms with Crippen molar-refractivity contribution in [1.29, 1.82) is 0 Å². The molecular weight excluding hydrogens is 606 g/mol. The topological polar surface area (TPSA) is 104 Å². The zero-order valence-corrected chi connectivity index (χ0v) is 27.2. The second-order valence-electron chi connectivity index (χ2n) is 11.5. The summed E-state index contributed by atoms with van der Waals surface area (Å²) in [5.74, 6) is 2.26. The zero-order chi connectivity index (χ0) is 33.3. The normalized spacial score (nSPS) is 16.3. The predicted molar refractivity (Wildman–Crippen MR) is 189 cm³/mol. The number of hydrogen-bond donors (Lipinski definition) is 2. The van der Waals surface area contributed by atoms with Crippen molar-refractivity contribution in [1.82, 2.24) is 14.9 Å². The van der Waals surface area contributed by atoms with Gasteiger partial charge < -0.3 is 25.0 Å². The van der Waals surface area contributed by atoms with E-state index in [2.05, 4.69) is 55.7 Å². The summed E-state index contributed by atoms with van der Waals surface area (Å²) in [7, 11) is 1.63. The van der Waals surface area contributed by atoms with Crippen molar-refractivity contribution < 1.29 is 19.1 Å². The van der Waals surface area contributed by atoms with Gasteiger partial charge in [0.1, 0.15) is 30.3 Å². The summed E-state index contributed by atoms with van der Waals surface area (Å²) in [6, 6.07) is 23.8. The van der Waals surface area contributed by atoms with Crippen LogP contribution in [-0.2, 0) is 16.2 Å².